The molecule has 0 spiro atoms. The van der Waals surface area contributed by atoms with Gasteiger partial charge in [0.15, 0.2) is 11.4 Å². The van der Waals surface area contributed by atoms with E-state index in [2.05, 4.69) is 32.1 Å². The van der Waals surface area contributed by atoms with Crippen LogP contribution in [-0.2, 0) is 6.42 Å². The van der Waals surface area contributed by atoms with Gasteiger partial charge in [0, 0.05) is 24.7 Å². The lowest BCUT2D eigenvalue weighted by atomic mass is 9.92. The van der Waals surface area contributed by atoms with E-state index >= 15 is 4.39 Å². The van der Waals surface area contributed by atoms with Crippen molar-refractivity contribution in [2.75, 3.05) is 58.9 Å². The van der Waals surface area contributed by atoms with Crippen LogP contribution in [0.25, 0.3) is 32.9 Å². The fourth-order valence-corrected chi connectivity index (χ4v) is 7.26. The van der Waals surface area contributed by atoms with Gasteiger partial charge in [0.1, 0.15) is 40.2 Å². The van der Waals surface area contributed by atoms with Crippen LogP contribution < -0.4 is 19.7 Å². The van der Waals surface area contributed by atoms with Crippen LogP contribution in [0, 0.1) is 11.6 Å². The van der Waals surface area contributed by atoms with Crippen LogP contribution >= 0.6 is 0 Å². The van der Waals surface area contributed by atoms with Gasteiger partial charge in [-0.2, -0.15) is 23.1 Å². The van der Waals surface area contributed by atoms with E-state index in [1.807, 2.05) is 7.05 Å². The third-order valence-corrected chi connectivity index (χ3v) is 9.96. The van der Waals surface area contributed by atoms with Crippen molar-refractivity contribution >= 4 is 27.5 Å². The maximum Gasteiger partial charge on any atom is 0.418 e. The monoisotopic (exact) mass is 752 g/mol. The molecule has 3 aliphatic heterocycles. The van der Waals surface area contributed by atoms with E-state index in [1.165, 1.54) is 56.2 Å². The Kier molecular flexibility index (Phi) is 12.4. The number of ether oxygens (including phenoxy) is 2. The van der Waals surface area contributed by atoms with Crippen molar-refractivity contribution in [2.24, 2.45) is 0 Å². The Morgan fingerprint density at radius 1 is 1.02 bits per heavy atom. The topological polar surface area (TPSA) is 116 Å². The highest BCUT2D eigenvalue weighted by molar-refractivity contribution is 6.03. The van der Waals surface area contributed by atoms with Gasteiger partial charge in [-0.15, -0.1) is 0 Å². The minimum atomic E-state index is -4.91. The molecule has 3 fully saturated rings. The van der Waals surface area contributed by atoms with Crippen molar-refractivity contribution in [3.63, 3.8) is 0 Å². The number of aliphatic hydroxyl groups is 1. The number of nitrogens with one attached hydrogen (secondary N) is 1. The summed E-state index contributed by atoms with van der Waals surface area (Å²) in [6.07, 6.45) is -2.39. The number of nitrogens with zero attached hydrogens (tertiary/aromatic N) is 5. The number of anilines is 1. The number of halogens is 6. The number of β-amino-alcohol motifs (C(OH)–C–C–N with tert-alkyl or cyclic N) is 1. The first-order valence-corrected chi connectivity index (χ1v) is 17.7. The number of pyridine rings is 1. The van der Waals surface area contributed by atoms with Crippen LogP contribution in [0.15, 0.2) is 24.3 Å². The molecule has 3 aliphatic rings. The van der Waals surface area contributed by atoms with Crippen molar-refractivity contribution in [1.82, 2.24) is 25.2 Å². The Bertz CT molecular complexity index is 1900. The molecule has 0 aliphatic carbocycles. The van der Waals surface area contributed by atoms with Crippen LogP contribution in [0.1, 0.15) is 51.5 Å². The fraction of sp³-hybridized carbons (Fsp3) is 0.541. The summed E-state index contributed by atoms with van der Waals surface area (Å²) >= 11 is 0. The van der Waals surface area contributed by atoms with Crippen molar-refractivity contribution in [3.05, 3.63) is 41.5 Å². The molecule has 53 heavy (non-hydrogen) atoms. The van der Waals surface area contributed by atoms with E-state index < -0.39 is 42.5 Å². The Hall–Kier alpha value is -4.15. The van der Waals surface area contributed by atoms with Gasteiger partial charge in [-0.1, -0.05) is 19.9 Å². The van der Waals surface area contributed by atoms with Gasteiger partial charge in [0.25, 0.3) is 0 Å². The lowest BCUT2D eigenvalue weighted by molar-refractivity contribution is -0.261. The third kappa shape index (κ3) is 8.19. The predicted octanol–water partition coefficient (Wildman–Crippen LogP) is 6.72. The molecule has 4 aromatic rings. The number of methoxy groups -OCH3 is 2. The molecule has 0 amide bonds. The normalized spacial score (nSPS) is 21.5. The molecular formula is C37H46F6N6O4. The molecule has 0 radical (unpaired) electrons. The van der Waals surface area contributed by atoms with Gasteiger partial charge in [-0.05, 0) is 93.2 Å². The molecule has 3 saturated heterocycles. The minimum Gasteiger partial charge on any atom is -0.508 e. The number of aromatic hydroxyl groups is 1. The fourth-order valence-electron chi connectivity index (χ4n) is 7.26. The summed E-state index contributed by atoms with van der Waals surface area (Å²) in [7, 11) is 4.38. The molecule has 0 bridgehead atoms. The van der Waals surface area contributed by atoms with E-state index in [9.17, 15) is 32.2 Å². The molecule has 3 N–H and O–H groups in total. The first-order chi connectivity index (χ1) is 25.2. The van der Waals surface area contributed by atoms with E-state index in [4.69, 9.17) is 9.47 Å². The van der Waals surface area contributed by atoms with E-state index in [0.29, 0.717) is 23.4 Å². The molecule has 2 aromatic heterocycles. The first-order valence-electron chi connectivity index (χ1n) is 17.7. The summed E-state index contributed by atoms with van der Waals surface area (Å²) in [4.78, 5) is 16.1. The number of rotatable bonds is 6. The number of benzene rings is 2. The van der Waals surface area contributed by atoms with Crippen LogP contribution in [0.3, 0.4) is 0 Å². The van der Waals surface area contributed by atoms with Crippen molar-refractivity contribution in [3.8, 4) is 28.9 Å². The molecule has 0 saturated carbocycles. The Morgan fingerprint density at radius 2 is 1.75 bits per heavy atom. The predicted molar refractivity (Wildman–Crippen MR) is 190 cm³/mol. The molecular weight excluding hydrogens is 706 g/mol. The quantitative estimate of drug-likeness (QED) is 0.184. The van der Waals surface area contributed by atoms with Gasteiger partial charge in [-0.3, -0.25) is 4.90 Å². The number of aryl methyl sites for hydroxylation is 1. The maximum atomic E-state index is 16.4. The Balaban J connectivity index is 0.000000349. The first kappa shape index (κ1) is 40.0. The SMILES string of the molecule is CCNC.CCc1c(F)ccc2cc(O)cc(-c3nc(OC)c4c(N5CCCC(O)(C(F)(F)F)C5)nc(OC)nc4c3F)c12.FC1CC2CCCN2C1. The van der Waals surface area contributed by atoms with Crippen LogP contribution in [0.4, 0.5) is 32.2 Å². The van der Waals surface area contributed by atoms with E-state index in [0.717, 1.165) is 19.5 Å². The highest BCUT2D eigenvalue weighted by Gasteiger charge is 2.55. The second-order valence-corrected chi connectivity index (χ2v) is 13.4. The average molecular weight is 753 g/mol. The molecule has 2 aromatic carbocycles. The zero-order valence-electron chi connectivity index (χ0n) is 30.5. The molecule has 16 heteroatoms. The number of hydrogen-bond donors (Lipinski definition) is 3. The maximum absolute atomic E-state index is 16.4. The summed E-state index contributed by atoms with van der Waals surface area (Å²) < 4.78 is 95.4. The zero-order chi connectivity index (χ0) is 38.7. The summed E-state index contributed by atoms with van der Waals surface area (Å²) in [5.74, 6) is -2.16. The molecule has 290 valence electrons. The summed E-state index contributed by atoms with van der Waals surface area (Å²) in [5, 5.41) is 24.4. The van der Waals surface area contributed by atoms with Crippen LogP contribution in [-0.4, -0.2) is 108 Å². The molecule has 7 rings (SSSR count). The van der Waals surface area contributed by atoms with Crippen molar-refractivity contribution < 1.29 is 46.0 Å². The van der Waals surface area contributed by atoms with Gasteiger partial charge < -0.3 is 29.9 Å². The molecule has 3 atom stereocenters. The number of fused-ring (bicyclic) bond motifs is 3. The standard InChI is InChI=1S/C27H25F5N4O4.C7H12FN.C3H9N/c1-4-15-17(28)7-6-13-10-14(37)11-16(18(13)15)21-20(29)22-19(24(33-21)39-2)23(35-25(34-22)40-3)36-9-5-8-26(38,12-36)27(30,31)32;8-6-4-7-2-1-3-9(7)5-6;1-3-4-2/h6-7,10-11,37-38H,4-5,8-9,12H2,1-3H3;6-7H,1-5H2;4H,3H2,1-2H3. The molecule has 10 nitrogen and oxygen atoms in total. The second-order valence-electron chi connectivity index (χ2n) is 13.4. The van der Waals surface area contributed by atoms with Gasteiger partial charge in [0.2, 0.25) is 5.88 Å². The summed E-state index contributed by atoms with van der Waals surface area (Å²) in [6.45, 7) is 5.92. The van der Waals surface area contributed by atoms with Crippen LogP contribution in [0.2, 0.25) is 0 Å². The van der Waals surface area contributed by atoms with Crippen molar-refractivity contribution in [1.29, 1.82) is 0 Å². The minimum absolute atomic E-state index is 0.0270. The lowest BCUT2D eigenvalue weighted by Crippen LogP contribution is -2.57. The number of aromatic nitrogens is 3. The number of phenols is 1. The Labute approximate surface area is 304 Å². The van der Waals surface area contributed by atoms with E-state index in [1.54, 1.807) is 6.92 Å². The second kappa shape index (κ2) is 16.5. The number of alkyl halides is 4. The number of phenolic OH excluding ortho intramolecular Hbond substituents is 1. The summed E-state index contributed by atoms with van der Waals surface area (Å²) in [5.41, 5.74) is -3.39. The lowest BCUT2D eigenvalue weighted by Gasteiger charge is -2.40. The van der Waals surface area contributed by atoms with Crippen molar-refractivity contribution in [2.45, 2.75) is 76.4 Å². The highest BCUT2D eigenvalue weighted by atomic mass is 19.4. The average Bonchev–Trinajstić information content (AvgIpc) is 3.72. The molecule has 3 unspecified atom stereocenters. The van der Waals surface area contributed by atoms with E-state index in [-0.39, 0.29) is 70.6 Å². The molecule has 5 heterocycles. The van der Waals surface area contributed by atoms with Gasteiger partial charge >= 0.3 is 12.2 Å². The summed E-state index contributed by atoms with van der Waals surface area (Å²) in [6, 6.07) is 5.62. The number of hydrogen-bond acceptors (Lipinski definition) is 10. The van der Waals surface area contributed by atoms with Crippen LogP contribution in [0.5, 0.6) is 17.6 Å². The highest BCUT2D eigenvalue weighted by Crippen LogP contribution is 2.44. The van der Waals surface area contributed by atoms with Gasteiger partial charge in [-0.25, -0.2) is 18.2 Å². The largest absolute Gasteiger partial charge is 0.508 e. The number of piperidine rings is 1. The zero-order valence-corrected chi connectivity index (χ0v) is 30.5. The third-order valence-electron chi connectivity index (χ3n) is 9.96. The smallest absolute Gasteiger partial charge is 0.418 e. The van der Waals surface area contributed by atoms with Gasteiger partial charge in [0.05, 0.1) is 20.8 Å². The Morgan fingerprint density at radius 3 is 2.38 bits per heavy atom.